The van der Waals surface area contributed by atoms with Crippen LogP contribution in [0.5, 0.6) is 0 Å². The highest BCUT2D eigenvalue weighted by Gasteiger charge is 1.96. The van der Waals surface area contributed by atoms with E-state index in [1.165, 1.54) is 5.56 Å². The summed E-state index contributed by atoms with van der Waals surface area (Å²) in [7, 11) is 0. The number of thiophene rings is 1. The average Bonchev–Trinajstić information content (AvgIpc) is 2.82. The number of anilines is 1. The molecule has 0 fully saturated rings. The summed E-state index contributed by atoms with van der Waals surface area (Å²) >= 11 is 1.71. The Morgan fingerprint density at radius 3 is 3.12 bits per heavy atom. The molecule has 0 aliphatic carbocycles. The van der Waals surface area contributed by atoms with Crippen LogP contribution < -0.4 is 5.32 Å². The molecule has 3 nitrogen and oxygen atoms in total. The second kappa shape index (κ2) is 5.29. The lowest BCUT2D eigenvalue weighted by Crippen LogP contribution is -2.05. The predicted molar refractivity (Wildman–Crippen MR) is 65.5 cm³/mol. The van der Waals surface area contributed by atoms with Crippen LogP contribution in [-0.2, 0) is 6.42 Å². The largest absolute Gasteiger partial charge is 0.370 e. The normalized spacial score (nSPS) is 9.69. The Hall–Kier alpha value is -1.86. The Morgan fingerprint density at radius 2 is 2.38 bits per heavy atom. The van der Waals surface area contributed by atoms with Gasteiger partial charge in [0.2, 0.25) is 0 Å². The summed E-state index contributed by atoms with van der Waals surface area (Å²) in [5, 5.41) is 16.1. The van der Waals surface area contributed by atoms with Crippen molar-refractivity contribution in [2.24, 2.45) is 0 Å². The molecule has 0 aromatic carbocycles. The van der Waals surface area contributed by atoms with Crippen molar-refractivity contribution in [3.05, 3.63) is 46.3 Å². The number of rotatable bonds is 4. The summed E-state index contributed by atoms with van der Waals surface area (Å²) in [5.74, 6) is 0.759. The Kier molecular flexibility index (Phi) is 3.52. The Morgan fingerprint density at radius 1 is 1.44 bits per heavy atom. The van der Waals surface area contributed by atoms with E-state index in [9.17, 15) is 0 Å². The van der Waals surface area contributed by atoms with Crippen LogP contribution in [0.2, 0.25) is 0 Å². The molecule has 0 saturated carbocycles. The van der Waals surface area contributed by atoms with Gasteiger partial charge in [0.25, 0.3) is 0 Å². The molecule has 2 aromatic rings. The molecule has 0 saturated heterocycles. The third kappa shape index (κ3) is 2.81. The van der Waals surface area contributed by atoms with Gasteiger partial charge < -0.3 is 5.32 Å². The maximum Gasteiger partial charge on any atom is 0.127 e. The Balaban J connectivity index is 1.88. The van der Waals surface area contributed by atoms with Crippen molar-refractivity contribution in [1.82, 2.24) is 4.98 Å². The van der Waals surface area contributed by atoms with E-state index in [4.69, 9.17) is 5.26 Å². The number of hydrogen-bond acceptors (Lipinski definition) is 4. The molecule has 1 N–H and O–H groups in total. The highest BCUT2D eigenvalue weighted by atomic mass is 32.1. The van der Waals surface area contributed by atoms with E-state index >= 15 is 0 Å². The summed E-state index contributed by atoms with van der Waals surface area (Å²) in [6.45, 7) is 0.832. The molecule has 0 bridgehead atoms. The van der Waals surface area contributed by atoms with Crippen LogP contribution >= 0.6 is 11.3 Å². The van der Waals surface area contributed by atoms with Gasteiger partial charge in [-0.15, -0.1) is 0 Å². The van der Waals surface area contributed by atoms with E-state index in [0.29, 0.717) is 5.56 Å². The molecule has 0 aliphatic heterocycles. The van der Waals surface area contributed by atoms with Gasteiger partial charge in [0.1, 0.15) is 5.82 Å². The fourth-order valence-electron chi connectivity index (χ4n) is 1.37. The van der Waals surface area contributed by atoms with E-state index in [1.807, 2.05) is 0 Å². The molecule has 0 atom stereocenters. The second-order valence-corrected chi connectivity index (χ2v) is 4.13. The van der Waals surface area contributed by atoms with E-state index in [0.717, 1.165) is 18.8 Å². The molecule has 2 heterocycles. The molecule has 0 spiro atoms. The molecule has 0 aliphatic rings. The van der Waals surface area contributed by atoms with Crippen molar-refractivity contribution in [1.29, 1.82) is 5.26 Å². The monoisotopic (exact) mass is 229 g/mol. The Labute approximate surface area is 98.4 Å². The maximum atomic E-state index is 8.73. The average molecular weight is 229 g/mol. The van der Waals surface area contributed by atoms with Crippen LogP contribution in [0.15, 0.2) is 35.2 Å². The van der Waals surface area contributed by atoms with Gasteiger partial charge in [0, 0.05) is 12.7 Å². The van der Waals surface area contributed by atoms with Gasteiger partial charge in [0.15, 0.2) is 0 Å². The second-order valence-electron chi connectivity index (χ2n) is 3.35. The minimum Gasteiger partial charge on any atom is -0.370 e. The van der Waals surface area contributed by atoms with E-state index < -0.39 is 0 Å². The summed E-state index contributed by atoms with van der Waals surface area (Å²) in [6.07, 6.45) is 2.62. The molecule has 2 aromatic heterocycles. The first kappa shape index (κ1) is 10.7. The van der Waals surface area contributed by atoms with E-state index in [2.05, 4.69) is 33.2 Å². The zero-order chi connectivity index (χ0) is 11.2. The van der Waals surface area contributed by atoms with E-state index in [1.54, 1.807) is 29.7 Å². The van der Waals surface area contributed by atoms with Crippen LogP contribution in [0, 0.1) is 11.3 Å². The number of nitrogens with zero attached hydrogens (tertiary/aromatic N) is 2. The quantitative estimate of drug-likeness (QED) is 0.876. The lowest BCUT2D eigenvalue weighted by atomic mass is 10.2. The van der Waals surface area contributed by atoms with Crippen LogP contribution in [0.3, 0.4) is 0 Å². The highest BCUT2D eigenvalue weighted by Crippen LogP contribution is 2.08. The summed E-state index contributed by atoms with van der Waals surface area (Å²) < 4.78 is 0. The van der Waals surface area contributed by atoms with Gasteiger partial charge in [-0.3, -0.25) is 0 Å². The van der Waals surface area contributed by atoms with Crippen molar-refractivity contribution in [3.63, 3.8) is 0 Å². The number of aromatic nitrogens is 1. The molecule has 0 radical (unpaired) electrons. The first-order chi connectivity index (χ1) is 7.88. The first-order valence-corrected chi connectivity index (χ1v) is 5.94. The van der Waals surface area contributed by atoms with Gasteiger partial charge in [-0.1, -0.05) is 0 Å². The molecular weight excluding hydrogens is 218 g/mol. The summed E-state index contributed by atoms with van der Waals surface area (Å²) in [4.78, 5) is 4.15. The molecular formula is C12H11N3S. The van der Waals surface area contributed by atoms with Gasteiger partial charge in [-0.25, -0.2) is 4.98 Å². The van der Waals surface area contributed by atoms with Crippen LogP contribution in [0.4, 0.5) is 5.82 Å². The zero-order valence-electron chi connectivity index (χ0n) is 8.68. The van der Waals surface area contributed by atoms with E-state index in [-0.39, 0.29) is 0 Å². The van der Waals surface area contributed by atoms with Crippen LogP contribution in [0.1, 0.15) is 11.1 Å². The molecule has 16 heavy (non-hydrogen) atoms. The predicted octanol–water partition coefficient (Wildman–Crippen LogP) is 2.67. The van der Waals surface area contributed by atoms with Crippen LogP contribution in [-0.4, -0.2) is 11.5 Å². The minimum absolute atomic E-state index is 0.632. The highest BCUT2D eigenvalue weighted by molar-refractivity contribution is 7.07. The van der Waals surface area contributed by atoms with Gasteiger partial charge in [0.05, 0.1) is 11.6 Å². The smallest absolute Gasteiger partial charge is 0.127 e. The topological polar surface area (TPSA) is 48.7 Å². The number of nitrogens with one attached hydrogen (secondary N) is 1. The maximum absolute atomic E-state index is 8.73. The Bertz CT molecular complexity index is 485. The molecule has 0 unspecified atom stereocenters. The summed E-state index contributed by atoms with van der Waals surface area (Å²) in [6, 6.07) is 7.67. The minimum atomic E-state index is 0.632. The lowest BCUT2D eigenvalue weighted by molar-refractivity contribution is 1.01. The fourth-order valence-corrected chi connectivity index (χ4v) is 2.07. The fraction of sp³-hybridized carbons (Fsp3) is 0.167. The van der Waals surface area contributed by atoms with Gasteiger partial charge in [-0.2, -0.15) is 16.6 Å². The third-order valence-electron chi connectivity index (χ3n) is 2.19. The lowest BCUT2D eigenvalue weighted by Gasteiger charge is -2.04. The zero-order valence-corrected chi connectivity index (χ0v) is 9.50. The molecule has 4 heteroatoms. The molecule has 0 amide bonds. The molecule has 2 rings (SSSR count). The standard InChI is InChI=1S/C12H11N3S/c13-8-11-2-5-15-12(7-11)14-4-1-10-3-6-16-9-10/h2-3,5-7,9H,1,4H2,(H,14,15). The number of nitriles is 1. The van der Waals surface area contributed by atoms with Crippen LogP contribution in [0.25, 0.3) is 0 Å². The van der Waals surface area contributed by atoms with Gasteiger partial charge >= 0.3 is 0 Å². The SMILES string of the molecule is N#Cc1ccnc(NCCc2ccsc2)c1. The summed E-state index contributed by atoms with van der Waals surface area (Å²) in [5.41, 5.74) is 1.96. The van der Waals surface area contributed by atoms with Crippen molar-refractivity contribution in [2.45, 2.75) is 6.42 Å². The van der Waals surface area contributed by atoms with Crippen molar-refractivity contribution >= 4 is 17.2 Å². The van der Waals surface area contributed by atoms with Crippen molar-refractivity contribution < 1.29 is 0 Å². The number of pyridine rings is 1. The van der Waals surface area contributed by atoms with Crippen molar-refractivity contribution in [3.8, 4) is 6.07 Å². The number of hydrogen-bond donors (Lipinski definition) is 1. The molecule has 80 valence electrons. The third-order valence-corrected chi connectivity index (χ3v) is 2.92. The van der Waals surface area contributed by atoms with Crippen molar-refractivity contribution in [2.75, 3.05) is 11.9 Å². The first-order valence-electron chi connectivity index (χ1n) is 4.99. The van der Waals surface area contributed by atoms with Gasteiger partial charge in [-0.05, 0) is 40.9 Å².